The lowest BCUT2D eigenvalue weighted by molar-refractivity contribution is -0.913. The van der Waals surface area contributed by atoms with E-state index in [1.54, 1.807) is 12.1 Å². The van der Waals surface area contributed by atoms with Gasteiger partial charge in [-0.2, -0.15) is 13.4 Å². The molecule has 148 valence electrons. The van der Waals surface area contributed by atoms with Gasteiger partial charge in [-0.05, 0) is 44.0 Å². The van der Waals surface area contributed by atoms with Crippen molar-refractivity contribution in [3.63, 3.8) is 0 Å². The first-order chi connectivity index (χ1) is 13.1. The second kappa shape index (κ2) is 8.83. The van der Waals surface area contributed by atoms with Gasteiger partial charge in [0.25, 0.3) is 0 Å². The minimum Gasteiger partial charge on any atom is -0.435 e. The predicted molar refractivity (Wildman–Crippen MR) is 103 cm³/mol. The SMILES string of the molecule is CCC(c1ccc(OC(F)F)cc1)[N+]1(CC)C=C(NC2CCCCC2)C=N1. The maximum absolute atomic E-state index is 12.4. The molecule has 1 heterocycles. The summed E-state index contributed by atoms with van der Waals surface area (Å²) in [5.41, 5.74) is 2.17. The molecule has 1 N–H and O–H groups in total. The van der Waals surface area contributed by atoms with E-state index in [1.165, 1.54) is 32.1 Å². The van der Waals surface area contributed by atoms with Crippen molar-refractivity contribution in [2.75, 3.05) is 6.54 Å². The van der Waals surface area contributed by atoms with E-state index in [2.05, 4.69) is 30.1 Å². The molecule has 1 aliphatic carbocycles. The lowest BCUT2D eigenvalue weighted by Crippen LogP contribution is -2.39. The van der Waals surface area contributed by atoms with Crippen molar-refractivity contribution in [3.05, 3.63) is 41.7 Å². The Morgan fingerprint density at radius 1 is 1.15 bits per heavy atom. The molecule has 1 fully saturated rings. The van der Waals surface area contributed by atoms with E-state index in [1.807, 2.05) is 18.3 Å². The maximum Gasteiger partial charge on any atom is 0.387 e. The second-order valence-electron chi connectivity index (χ2n) is 7.38. The molecular weight excluding hydrogens is 348 g/mol. The molecule has 1 aliphatic heterocycles. The number of rotatable bonds is 8. The van der Waals surface area contributed by atoms with E-state index in [0.717, 1.165) is 24.2 Å². The van der Waals surface area contributed by atoms with Crippen LogP contribution in [0.5, 0.6) is 5.75 Å². The summed E-state index contributed by atoms with van der Waals surface area (Å²) >= 11 is 0. The zero-order valence-electron chi connectivity index (χ0n) is 16.2. The van der Waals surface area contributed by atoms with Crippen LogP contribution in [0.25, 0.3) is 0 Å². The minimum atomic E-state index is -2.80. The number of hydrogen-bond donors (Lipinski definition) is 1. The summed E-state index contributed by atoms with van der Waals surface area (Å²) in [7, 11) is 0. The molecule has 0 saturated heterocycles. The summed E-state index contributed by atoms with van der Waals surface area (Å²) in [6, 6.07) is 7.65. The van der Waals surface area contributed by atoms with E-state index in [4.69, 9.17) is 5.10 Å². The Balaban J connectivity index is 1.76. The fourth-order valence-corrected chi connectivity index (χ4v) is 4.28. The van der Waals surface area contributed by atoms with Crippen LogP contribution in [0.4, 0.5) is 8.78 Å². The van der Waals surface area contributed by atoms with Gasteiger partial charge in [-0.25, -0.2) is 0 Å². The molecule has 27 heavy (non-hydrogen) atoms. The van der Waals surface area contributed by atoms with Crippen molar-refractivity contribution in [1.29, 1.82) is 0 Å². The van der Waals surface area contributed by atoms with Gasteiger partial charge in [0.15, 0.2) is 0 Å². The molecule has 1 aromatic rings. The third-order valence-electron chi connectivity index (χ3n) is 5.67. The van der Waals surface area contributed by atoms with Crippen molar-refractivity contribution in [3.8, 4) is 5.75 Å². The van der Waals surface area contributed by atoms with Gasteiger partial charge >= 0.3 is 6.61 Å². The lowest BCUT2D eigenvalue weighted by atomic mass is 9.95. The number of hydrogen-bond acceptors (Lipinski definition) is 3. The van der Waals surface area contributed by atoms with Crippen molar-refractivity contribution in [1.82, 2.24) is 5.32 Å². The Morgan fingerprint density at radius 2 is 1.85 bits per heavy atom. The van der Waals surface area contributed by atoms with Gasteiger partial charge in [-0.3, -0.25) is 0 Å². The highest BCUT2D eigenvalue weighted by atomic mass is 19.3. The Hall–Kier alpha value is -1.95. The van der Waals surface area contributed by atoms with Crippen molar-refractivity contribution in [2.24, 2.45) is 5.10 Å². The minimum absolute atomic E-state index is 0.137. The van der Waals surface area contributed by atoms with Crippen molar-refractivity contribution >= 4 is 6.21 Å². The number of alkyl halides is 2. The molecule has 0 radical (unpaired) electrons. The van der Waals surface area contributed by atoms with Crippen LogP contribution in [-0.2, 0) is 0 Å². The summed E-state index contributed by atoms with van der Waals surface area (Å²) < 4.78 is 29.7. The largest absolute Gasteiger partial charge is 0.435 e. The molecule has 1 aromatic carbocycles. The smallest absolute Gasteiger partial charge is 0.387 e. The van der Waals surface area contributed by atoms with Crippen LogP contribution < -0.4 is 10.1 Å². The Kier molecular flexibility index (Phi) is 6.47. The van der Waals surface area contributed by atoms with Crippen molar-refractivity contribution < 1.29 is 18.1 Å². The molecule has 6 heteroatoms. The summed E-state index contributed by atoms with van der Waals surface area (Å²) in [4.78, 5) is 0. The van der Waals surface area contributed by atoms with Crippen molar-refractivity contribution in [2.45, 2.75) is 71.1 Å². The summed E-state index contributed by atoms with van der Waals surface area (Å²) in [5, 5.41) is 8.52. The van der Waals surface area contributed by atoms with Gasteiger partial charge in [0, 0.05) is 18.0 Å². The van der Waals surface area contributed by atoms with E-state index in [9.17, 15) is 8.78 Å². The number of nitrogens with zero attached hydrogens (tertiary/aromatic N) is 2. The zero-order chi connectivity index (χ0) is 19.3. The average molecular weight is 378 g/mol. The van der Waals surface area contributed by atoms with Gasteiger partial charge in [0.05, 0.1) is 0 Å². The number of benzene rings is 1. The number of halogens is 2. The first-order valence-electron chi connectivity index (χ1n) is 10.0. The summed E-state index contributed by atoms with van der Waals surface area (Å²) in [5.74, 6) is 0.187. The highest BCUT2D eigenvalue weighted by Gasteiger charge is 2.38. The van der Waals surface area contributed by atoms with E-state index >= 15 is 0 Å². The van der Waals surface area contributed by atoms with E-state index in [-0.39, 0.29) is 11.8 Å². The maximum atomic E-state index is 12.4. The molecule has 2 unspecified atom stereocenters. The topological polar surface area (TPSA) is 33.6 Å². The lowest BCUT2D eigenvalue weighted by Gasteiger charge is -2.33. The molecule has 0 bridgehead atoms. The summed E-state index contributed by atoms with van der Waals surface area (Å²) in [6.45, 7) is 2.31. The normalized spacial score (nSPS) is 24.1. The third kappa shape index (κ3) is 4.67. The van der Waals surface area contributed by atoms with E-state index in [0.29, 0.717) is 10.6 Å². The molecule has 0 amide bonds. The van der Waals surface area contributed by atoms with Gasteiger partial charge in [-0.15, -0.1) is 0 Å². The van der Waals surface area contributed by atoms with Gasteiger partial charge < -0.3 is 10.1 Å². The number of quaternary nitrogens is 1. The van der Waals surface area contributed by atoms with Crippen LogP contribution in [0, 0.1) is 0 Å². The van der Waals surface area contributed by atoms with Crippen LogP contribution in [0.3, 0.4) is 0 Å². The fourth-order valence-electron chi connectivity index (χ4n) is 4.28. The molecule has 1 saturated carbocycles. The molecule has 0 spiro atoms. The predicted octanol–water partition coefficient (Wildman–Crippen LogP) is 5.34. The first-order valence-corrected chi connectivity index (χ1v) is 10.0. The second-order valence-corrected chi connectivity index (χ2v) is 7.38. The highest BCUT2D eigenvalue weighted by Crippen LogP contribution is 2.36. The Bertz CT molecular complexity index is 669. The monoisotopic (exact) mass is 378 g/mol. The van der Waals surface area contributed by atoms with Crippen LogP contribution in [0.1, 0.15) is 64.0 Å². The molecule has 2 atom stereocenters. The Labute approximate surface area is 160 Å². The summed E-state index contributed by atoms with van der Waals surface area (Å²) in [6.07, 6.45) is 11.4. The van der Waals surface area contributed by atoms with Crippen LogP contribution in [0.2, 0.25) is 0 Å². The number of ether oxygens (including phenoxy) is 1. The van der Waals surface area contributed by atoms with Crippen LogP contribution in [-0.4, -0.2) is 30.0 Å². The first kappa shape index (κ1) is 19.8. The average Bonchev–Trinajstić information content (AvgIpc) is 3.08. The van der Waals surface area contributed by atoms with Gasteiger partial charge in [0.2, 0.25) is 0 Å². The third-order valence-corrected chi connectivity index (χ3v) is 5.67. The standard InChI is InChI=1S/C21H30F2N3O/c1-3-20(16-10-12-19(13-11-16)27-21(22)23)26(4-2)15-18(14-24-26)25-17-8-6-5-7-9-17/h10-15,17,20-21,25H,3-9H2,1-2H3/q+1. The van der Waals surface area contributed by atoms with Crippen LogP contribution in [0.15, 0.2) is 41.3 Å². The van der Waals surface area contributed by atoms with Gasteiger partial charge in [0.1, 0.15) is 36.4 Å². The number of allylic oxidation sites excluding steroid dienone is 1. The van der Waals surface area contributed by atoms with E-state index < -0.39 is 6.61 Å². The van der Waals surface area contributed by atoms with Gasteiger partial charge in [-0.1, -0.05) is 31.3 Å². The molecule has 2 aliphatic rings. The molecule has 3 rings (SSSR count). The Morgan fingerprint density at radius 3 is 2.44 bits per heavy atom. The molecule has 0 aromatic heterocycles. The zero-order valence-corrected chi connectivity index (χ0v) is 16.2. The number of nitrogens with one attached hydrogen (secondary N) is 1. The van der Waals surface area contributed by atoms with Crippen LogP contribution >= 0.6 is 0 Å². The highest BCUT2D eigenvalue weighted by molar-refractivity contribution is 5.78. The molecule has 4 nitrogen and oxygen atoms in total. The quantitative estimate of drug-likeness (QED) is 0.620. The fraction of sp³-hybridized carbons (Fsp3) is 0.571. The molecular formula is C21H30F2N3O+.